The minimum absolute atomic E-state index is 0.104. The normalized spacial score (nSPS) is 11.7. The number of carbonyl (C=O) groups is 1. The standard InChI is InChI=1S/C14H14Cl2N2O3S2/c1-18(23(20,21)14-6-5-12(16)22-14)9-13(19)17-8-10-3-2-4-11(15)7-10/h2-7H,8-9H2,1H3,(H,17,19). The van der Waals surface area contributed by atoms with Gasteiger partial charge in [-0.25, -0.2) is 8.42 Å². The summed E-state index contributed by atoms with van der Waals surface area (Å²) in [5.74, 6) is -0.404. The predicted octanol–water partition coefficient (Wildman–Crippen LogP) is 2.99. The third-order valence-corrected chi connectivity index (χ3v) is 6.70. The lowest BCUT2D eigenvalue weighted by Crippen LogP contribution is -2.37. The van der Waals surface area contributed by atoms with Crippen molar-refractivity contribution in [1.82, 2.24) is 9.62 Å². The average molecular weight is 393 g/mol. The van der Waals surface area contributed by atoms with Gasteiger partial charge in [-0.05, 0) is 29.8 Å². The van der Waals surface area contributed by atoms with Crippen LogP contribution in [-0.4, -0.2) is 32.2 Å². The van der Waals surface area contributed by atoms with Crippen LogP contribution in [0.3, 0.4) is 0 Å². The molecule has 0 bridgehead atoms. The Morgan fingerprint density at radius 1 is 1.26 bits per heavy atom. The Bertz CT molecular complexity index is 806. The largest absolute Gasteiger partial charge is 0.351 e. The Balaban J connectivity index is 1.94. The van der Waals surface area contributed by atoms with Crippen LogP contribution >= 0.6 is 34.5 Å². The highest BCUT2D eigenvalue weighted by Gasteiger charge is 2.24. The minimum Gasteiger partial charge on any atom is -0.351 e. The summed E-state index contributed by atoms with van der Waals surface area (Å²) in [6.45, 7) is -0.00344. The van der Waals surface area contributed by atoms with E-state index in [1.165, 1.54) is 19.2 Å². The van der Waals surface area contributed by atoms with Crippen molar-refractivity contribution in [2.75, 3.05) is 13.6 Å². The molecule has 1 heterocycles. The third-order valence-electron chi connectivity index (χ3n) is 2.96. The van der Waals surface area contributed by atoms with Gasteiger partial charge < -0.3 is 5.32 Å². The molecule has 0 spiro atoms. The number of amides is 1. The predicted molar refractivity (Wildman–Crippen MR) is 92.4 cm³/mol. The van der Waals surface area contributed by atoms with Crippen LogP contribution in [0.5, 0.6) is 0 Å². The van der Waals surface area contributed by atoms with Gasteiger partial charge in [-0.1, -0.05) is 35.3 Å². The Kier molecular flexibility index (Phi) is 6.05. The van der Waals surface area contributed by atoms with E-state index in [1.807, 2.05) is 6.07 Å². The first-order valence-electron chi connectivity index (χ1n) is 6.52. The topological polar surface area (TPSA) is 66.5 Å². The molecule has 0 fully saturated rings. The maximum atomic E-state index is 12.3. The number of hydrogen-bond acceptors (Lipinski definition) is 4. The van der Waals surface area contributed by atoms with E-state index in [-0.39, 0.29) is 17.3 Å². The summed E-state index contributed by atoms with van der Waals surface area (Å²) in [4.78, 5) is 11.9. The Morgan fingerprint density at radius 2 is 2.00 bits per heavy atom. The van der Waals surface area contributed by atoms with Gasteiger partial charge in [0, 0.05) is 18.6 Å². The van der Waals surface area contributed by atoms with Crippen molar-refractivity contribution in [3.8, 4) is 0 Å². The number of sulfonamides is 1. The summed E-state index contributed by atoms with van der Waals surface area (Å²) in [5, 5.41) is 3.23. The molecular formula is C14H14Cl2N2O3S2. The highest BCUT2D eigenvalue weighted by atomic mass is 35.5. The molecule has 1 aromatic carbocycles. The van der Waals surface area contributed by atoms with Crippen LogP contribution in [-0.2, 0) is 21.4 Å². The van der Waals surface area contributed by atoms with Crippen molar-refractivity contribution in [1.29, 1.82) is 0 Å². The maximum Gasteiger partial charge on any atom is 0.252 e. The van der Waals surface area contributed by atoms with Crippen molar-refractivity contribution >= 4 is 50.5 Å². The molecule has 23 heavy (non-hydrogen) atoms. The first kappa shape index (κ1) is 18.2. The molecule has 1 amide bonds. The summed E-state index contributed by atoms with van der Waals surface area (Å²) >= 11 is 12.6. The van der Waals surface area contributed by atoms with Gasteiger partial charge in [0.05, 0.1) is 10.9 Å². The highest BCUT2D eigenvalue weighted by molar-refractivity contribution is 7.91. The Hall–Kier alpha value is -1.12. The molecule has 0 saturated heterocycles. The number of nitrogens with zero attached hydrogens (tertiary/aromatic N) is 1. The molecule has 0 radical (unpaired) electrons. The SMILES string of the molecule is CN(CC(=O)NCc1cccc(Cl)c1)S(=O)(=O)c1ccc(Cl)s1. The summed E-state index contributed by atoms with van der Waals surface area (Å²) in [7, 11) is -2.37. The van der Waals surface area contributed by atoms with Gasteiger partial charge in [-0.15, -0.1) is 11.3 Å². The fourth-order valence-electron chi connectivity index (χ4n) is 1.78. The number of thiophene rings is 1. The van der Waals surface area contributed by atoms with Crippen molar-refractivity contribution in [3.63, 3.8) is 0 Å². The van der Waals surface area contributed by atoms with E-state index >= 15 is 0 Å². The maximum absolute atomic E-state index is 12.3. The van der Waals surface area contributed by atoms with Crippen LogP contribution < -0.4 is 5.32 Å². The molecule has 0 saturated carbocycles. The molecule has 0 aliphatic carbocycles. The first-order valence-corrected chi connectivity index (χ1v) is 9.53. The van der Waals surface area contributed by atoms with Crippen LogP contribution in [0.15, 0.2) is 40.6 Å². The summed E-state index contributed by atoms with van der Waals surface area (Å²) in [5.41, 5.74) is 0.835. The molecule has 9 heteroatoms. The lowest BCUT2D eigenvalue weighted by Gasteiger charge is -2.15. The first-order chi connectivity index (χ1) is 10.8. The van der Waals surface area contributed by atoms with Crippen LogP contribution in [0.1, 0.15) is 5.56 Å². The van der Waals surface area contributed by atoms with Gasteiger partial charge >= 0.3 is 0 Å². The molecule has 1 N–H and O–H groups in total. The van der Waals surface area contributed by atoms with Crippen molar-refractivity contribution in [2.45, 2.75) is 10.8 Å². The summed E-state index contributed by atoms with van der Waals surface area (Å²) < 4.78 is 26.0. The van der Waals surface area contributed by atoms with Gasteiger partial charge in [0.15, 0.2) is 0 Å². The van der Waals surface area contributed by atoms with Crippen molar-refractivity contribution in [2.24, 2.45) is 0 Å². The van der Waals surface area contributed by atoms with E-state index in [0.717, 1.165) is 21.2 Å². The fourth-order valence-corrected chi connectivity index (χ4v) is 4.81. The zero-order chi connectivity index (χ0) is 17.0. The molecule has 1 aromatic heterocycles. The Labute approximate surface area is 148 Å². The second-order valence-electron chi connectivity index (χ2n) is 4.73. The number of nitrogens with one attached hydrogen (secondary N) is 1. The summed E-state index contributed by atoms with van der Waals surface area (Å²) in [6, 6.07) is 9.99. The minimum atomic E-state index is -3.72. The molecule has 5 nitrogen and oxygen atoms in total. The lowest BCUT2D eigenvalue weighted by atomic mass is 10.2. The molecule has 2 aromatic rings. The molecule has 0 unspecified atom stereocenters. The van der Waals surface area contributed by atoms with Crippen molar-refractivity contribution < 1.29 is 13.2 Å². The molecule has 0 atom stereocenters. The zero-order valence-electron chi connectivity index (χ0n) is 12.1. The van der Waals surface area contributed by atoms with E-state index in [9.17, 15) is 13.2 Å². The van der Waals surface area contributed by atoms with Crippen LogP contribution in [0.25, 0.3) is 0 Å². The van der Waals surface area contributed by atoms with Crippen LogP contribution in [0.2, 0.25) is 9.36 Å². The monoisotopic (exact) mass is 392 g/mol. The van der Waals surface area contributed by atoms with E-state index in [2.05, 4.69) is 5.32 Å². The molecule has 0 aliphatic heterocycles. The van der Waals surface area contributed by atoms with E-state index in [0.29, 0.717) is 9.36 Å². The van der Waals surface area contributed by atoms with E-state index in [4.69, 9.17) is 23.2 Å². The number of carbonyl (C=O) groups excluding carboxylic acids is 1. The number of halogens is 2. The zero-order valence-corrected chi connectivity index (χ0v) is 15.3. The van der Waals surface area contributed by atoms with Gasteiger partial charge in [-0.3, -0.25) is 4.79 Å². The number of hydrogen-bond donors (Lipinski definition) is 1. The van der Waals surface area contributed by atoms with E-state index in [1.54, 1.807) is 18.2 Å². The molecule has 124 valence electrons. The molecular weight excluding hydrogens is 379 g/mol. The third kappa shape index (κ3) is 4.92. The number of likely N-dealkylation sites (N-methyl/N-ethyl adjacent to an activating group) is 1. The second-order valence-corrected chi connectivity index (χ2v) is 9.15. The lowest BCUT2D eigenvalue weighted by molar-refractivity contribution is -0.121. The van der Waals surface area contributed by atoms with Gasteiger partial charge in [0.1, 0.15) is 4.21 Å². The number of rotatable bonds is 6. The average Bonchev–Trinajstić information content (AvgIpc) is 2.92. The quantitative estimate of drug-likeness (QED) is 0.821. The van der Waals surface area contributed by atoms with Crippen LogP contribution in [0, 0.1) is 0 Å². The van der Waals surface area contributed by atoms with Gasteiger partial charge in [0.25, 0.3) is 10.0 Å². The smallest absolute Gasteiger partial charge is 0.252 e. The highest BCUT2D eigenvalue weighted by Crippen LogP contribution is 2.27. The Morgan fingerprint density at radius 3 is 2.61 bits per heavy atom. The second kappa shape index (κ2) is 7.63. The van der Waals surface area contributed by atoms with Gasteiger partial charge in [0.2, 0.25) is 5.91 Å². The number of benzene rings is 1. The van der Waals surface area contributed by atoms with Gasteiger partial charge in [-0.2, -0.15) is 4.31 Å². The van der Waals surface area contributed by atoms with Crippen LogP contribution in [0.4, 0.5) is 0 Å². The van der Waals surface area contributed by atoms with E-state index < -0.39 is 15.9 Å². The summed E-state index contributed by atoms with van der Waals surface area (Å²) in [6.07, 6.45) is 0. The molecule has 2 rings (SSSR count). The van der Waals surface area contributed by atoms with Crippen molar-refractivity contribution in [3.05, 3.63) is 51.3 Å². The molecule has 0 aliphatic rings. The fraction of sp³-hybridized carbons (Fsp3) is 0.214.